The number of carbonyl (C=O) groups excluding carboxylic acids is 2. The van der Waals surface area contributed by atoms with E-state index >= 15 is 0 Å². The lowest BCUT2D eigenvalue weighted by Crippen LogP contribution is -2.26. The Morgan fingerprint density at radius 1 is 0.821 bits per heavy atom. The summed E-state index contributed by atoms with van der Waals surface area (Å²) in [7, 11) is -4.20. The molecule has 28 heavy (non-hydrogen) atoms. The topological polar surface area (TPSA) is 110 Å². The standard InChI is InChI=1S/C20H39O7P/c1-3-5-7-9-11-13-19(21)26-17-18(15-16-28(23,24)25)27-20(22)14-12-10-8-6-4-2/h18H,3-17H2,1-2H3,(H2,23,24,25). The van der Waals surface area contributed by atoms with Gasteiger partial charge in [0.2, 0.25) is 0 Å². The SMILES string of the molecule is CCCCCCCC(=O)OCC(CCP(=O)(O)O)OC(=O)CCCCCCC. The van der Waals surface area contributed by atoms with Crippen LogP contribution in [0.2, 0.25) is 0 Å². The first-order chi connectivity index (χ1) is 13.3. The molecule has 1 atom stereocenters. The van der Waals surface area contributed by atoms with Gasteiger partial charge in [-0.25, -0.2) is 0 Å². The first kappa shape index (κ1) is 27.1. The highest BCUT2D eigenvalue weighted by Crippen LogP contribution is 2.35. The molecule has 0 amide bonds. The fraction of sp³-hybridized carbons (Fsp3) is 0.900. The van der Waals surface area contributed by atoms with Gasteiger partial charge in [-0.2, -0.15) is 0 Å². The van der Waals surface area contributed by atoms with Crippen molar-refractivity contribution in [3.63, 3.8) is 0 Å². The highest BCUT2D eigenvalue weighted by atomic mass is 31.2. The Kier molecular flexibility index (Phi) is 16.4. The van der Waals surface area contributed by atoms with E-state index < -0.39 is 25.8 Å². The summed E-state index contributed by atoms with van der Waals surface area (Å²) in [5.41, 5.74) is 0. The van der Waals surface area contributed by atoms with Crippen molar-refractivity contribution in [1.29, 1.82) is 0 Å². The molecular formula is C20H39O7P. The zero-order chi connectivity index (χ0) is 21.3. The van der Waals surface area contributed by atoms with Crippen molar-refractivity contribution in [2.24, 2.45) is 0 Å². The Labute approximate surface area is 169 Å². The third-order valence-corrected chi connectivity index (χ3v) is 5.28. The minimum atomic E-state index is -4.20. The lowest BCUT2D eigenvalue weighted by atomic mass is 10.1. The third kappa shape index (κ3) is 18.5. The normalized spacial score (nSPS) is 12.6. The maximum absolute atomic E-state index is 12.0. The highest BCUT2D eigenvalue weighted by Gasteiger charge is 2.22. The molecule has 0 saturated carbocycles. The summed E-state index contributed by atoms with van der Waals surface area (Å²) in [6.45, 7) is 4.08. The average molecular weight is 422 g/mol. The van der Waals surface area contributed by atoms with Gasteiger partial charge in [-0.15, -0.1) is 0 Å². The number of rotatable bonds is 18. The predicted molar refractivity (Wildman–Crippen MR) is 109 cm³/mol. The van der Waals surface area contributed by atoms with Crippen molar-refractivity contribution >= 4 is 19.5 Å². The van der Waals surface area contributed by atoms with Crippen LogP contribution in [0.5, 0.6) is 0 Å². The van der Waals surface area contributed by atoms with Gasteiger partial charge in [0.25, 0.3) is 0 Å². The van der Waals surface area contributed by atoms with E-state index in [-0.39, 0.29) is 25.4 Å². The van der Waals surface area contributed by atoms with E-state index in [0.717, 1.165) is 64.2 Å². The van der Waals surface area contributed by atoms with E-state index in [1.165, 1.54) is 0 Å². The van der Waals surface area contributed by atoms with Gasteiger partial charge in [0.1, 0.15) is 12.7 Å². The van der Waals surface area contributed by atoms with Crippen LogP contribution in [0.25, 0.3) is 0 Å². The van der Waals surface area contributed by atoms with E-state index in [0.29, 0.717) is 6.42 Å². The molecule has 0 saturated heterocycles. The van der Waals surface area contributed by atoms with Crippen molar-refractivity contribution in [2.75, 3.05) is 12.8 Å². The Balaban J connectivity index is 4.26. The van der Waals surface area contributed by atoms with Gasteiger partial charge in [0.05, 0.1) is 6.16 Å². The second kappa shape index (κ2) is 17.0. The van der Waals surface area contributed by atoms with E-state index in [2.05, 4.69) is 13.8 Å². The zero-order valence-corrected chi connectivity index (χ0v) is 18.5. The smallest absolute Gasteiger partial charge is 0.325 e. The van der Waals surface area contributed by atoms with Crippen molar-refractivity contribution in [3.05, 3.63) is 0 Å². The molecule has 7 nitrogen and oxygen atoms in total. The van der Waals surface area contributed by atoms with Gasteiger partial charge in [0, 0.05) is 12.8 Å². The molecular weight excluding hydrogens is 383 g/mol. The number of esters is 2. The molecule has 0 aliphatic rings. The molecule has 0 fully saturated rings. The summed E-state index contributed by atoms with van der Waals surface area (Å²) < 4.78 is 21.6. The fourth-order valence-corrected chi connectivity index (χ4v) is 3.36. The molecule has 8 heteroatoms. The molecule has 0 heterocycles. The van der Waals surface area contributed by atoms with Crippen molar-refractivity contribution < 1.29 is 33.4 Å². The van der Waals surface area contributed by atoms with Crippen LogP contribution in [-0.2, 0) is 23.6 Å². The van der Waals surface area contributed by atoms with Crippen LogP contribution in [0.4, 0.5) is 0 Å². The Hall–Kier alpha value is -0.910. The zero-order valence-electron chi connectivity index (χ0n) is 17.6. The lowest BCUT2D eigenvalue weighted by Gasteiger charge is -2.18. The maximum Gasteiger partial charge on any atom is 0.325 e. The summed E-state index contributed by atoms with van der Waals surface area (Å²) in [5, 5.41) is 0. The largest absolute Gasteiger partial charge is 0.462 e. The van der Waals surface area contributed by atoms with E-state index in [9.17, 15) is 14.2 Å². The van der Waals surface area contributed by atoms with E-state index in [1.807, 2.05) is 0 Å². The number of unbranched alkanes of at least 4 members (excludes halogenated alkanes) is 8. The molecule has 0 aliphatic carbocycles. The Bertz CT molecular complexity index is 461. The van der Waals surface area contributed by atoms with Crippen molar-refractivity contribution in [1.82, 2.24) is 0 Å². The maximum atomic E-state index is 12.0. The van der Waals surface area contributed by atoms with Gasteiger partial charge < -0.3 is 19.3 Å². The number of hydrogen-bond donors (Lipinski definition) is 2. The predicted octanol–water partition coefficient (Wildman–Crippen LogP) is 4.73. The van der Waals surface area contributed by atoms with Crippen LogP contribution >= 0.6 is 7.60 Å². The monoisotopic (exact) mass is 422 g/mol. The molecule has 0 aromatic rings. The van der Waals surface area contributed by atoms with Crippen LogP contribution in [0, 0.1) is 0 Å². The molecule has 1 unspecified atom stereocenters. The molecule has 0 bridgehead atoms. The molecule has 0 aromatic carbocycles. The fourth-order valence-electron chi connectivity index (χ4n) is 2.74. The molecule has 0 spiro atoms. The average Bonchev–Trinajstić information content (AvgIpc) is 2.63. The summed E-state index contributed by atoms with van der Waals surface area (Å²) in [4.78, 5) is 41.9. The summed E-state index contributed by atoms with van der Waals surface area (Å²) in [6, 6.07) is 0. The van der Waals surface area contributed by atoms with Gasteiger partial charge >= 0.3 is 19.5 Å². The van der Waals surface area contributed by atoms with Gasteiger partial charge in [-0.05, 0) is 19.3 Å². The quantitative estimate of drug-likeness (QED) is 0.187. The molecule has 0 aliphatic heterocycles. The Morgan fingerprint density at radius 2 is 1.32 bits per heavy atom. The van der Waals surface area contributed by atoms with Crippen LogP contribution < -0.4 is 0 Å². The second-order valence-electron chi connectivity index (χ2n) is 7.30. The number of ether oxygens (including phenoxy) is 2. The van der Waals surface area contributed by atoms with Gasteiger partial charge in [-0.1, -0.05) is 65.2 Å². The third-order valence-electron chi connectivity index (χ3n) is 4.44. The first-order valence-corrected chi connectivity index (χ1v) is 12.5. The molecule has 0 rings (SSSR count). The molecule has 2 N–H and O–H groups in total. The van der Waals surface area contributed by atoms with Crippen LogP contribution in [0.1, 0.15) is 97.3 Å². The van der Waals surface area contributed by atoms with Crippen LogP contribution in [-0.4, -0.2) is 40.6 Å². The van der Waals surface area contributed by atoms with Crippen LogP contribution in [0.3, 0.4) is 0 Å². The van der Waals surface area contributed by atoms with E-state index in [1.54, 1.807) is 0 Å². The van der Waals surface area contributed by atoms with Gasteiger partial charge in [0.15, 0.2) is 0 Å². The summed E-state index contributed by atoms with van der Waals surface area (Å²) in [5.74, 6) is -0.781. The van der Waals surface area contributed by atoms with Crippen LogP contribution in [0.15, 0.2) is 0 Å². The summed E-state index contributed by atoms with van der Waals surface area (Å²) in [6.07, 6.45) is 9.40. The highest BCUT2D eigenvalue weighted by molar-refractivity contribution is 7.51. The van der Waals surface area contributed by atoms with Gasteiger partial charge in [-0.3, -0.25) is 14.2 Å². The minimum Gasteiger partial charge on any atom is -0.462 e. The summed E-state index contributed by atoms with van der Waals surface area (Å²) >= 11 is 0. The molecule has 0 radical (unpaired) electrons. The first-order valence-electron chi connectivity index (χ1n) is 10.7. The Morgan fingerprint density at radius 3 is 1.82 bits per heavy atom. The molecule has 0 aromatic heterocycles. The number of carbonyl (C=O) groups is 2. The van der Waals surface area contributed by atoms with E-state index in [4.69, 9.17) is 19.3 Å². The number of hydrogen-bond acceptors (Lipinski definition) is 5. The lowest BCUT2D eigenvalue weighted by molar-refractivity contribution is -0.159. The van der Waals surface area contributed by atoms with Crippen molar-refractivity contribution in [2.45, 2.75) is 103 Å². The van der Waals surface area contributed by atoms with Crippen molar-refractivity contribution in [3.8, 4) is 0 Å². The minimum absolute atomic E-state index is 0.0321. The second-order valence-corrected chi connectivity index (χ2v) is 9.08. The molecule has 166 valence electrons.